The van der Waals surface area contributed by atoms with Gasteiger partial charge in [-0.3, -0.25) is 4.79 Å². The van der Waals surface area contributed by atoms with Crippen molar-refractivity contribution in [3.8, 4) is 11.1 Å². The average molecular weight is 379 g/mol. The van der Waals surface area contributed by atoms with E-state index in [4.69, 9.17) is 9.84 Å². The minimum Gasteiger partial charge on any atom is -0.385 e. The molecule has 28 heavy (non-hydrogen) atoms. The second-order valence-corrected chi connectivity index (χ2v) is 6.44. The average Bonchev–Trinajstić information content (AvgIpc) is 3.11. The van der Waals surface area contributed by atoms with E-state index in [9.17, 15) is 4.79 Å². The van der Waals surface area contributed by atoms with Gasteiger partial charge in [-0.2, -0.15) is 5.10 Å². The van der Waals surface area contributed by atoms with Crippen LogP contribution in [0.5, 0.6) is 0 Å². The Morgan fingerprint density at radius 1 is 1.29 bits per heavy atom. The fraction of sp³-hybridized carbons (Fsp3) is 0.333. The van der Waals surface area contributed by atoms with E-state index in [-0.39, 0.29) is 11.6 Å². The van der Waals surface area contributed by atoms with Gasteiger partial charge in [-0.15, -0.1) is 10.2 Å². The Labute approximate surface area is 164 Å². The third-order valence-corrected chi connectivity index (χ3v) is 4.67. The van der Waals surface area contributed by atoms with Gasteiger partial charge < -0.3 is 9.64 Å². The van der Waals surface area contributed by atoms with Crippen molar-refractivity contribution >= 4 is 11.6 Å². The van der Waals surface area contributed by atoms with E-state index in [0.29, 0.717) is 30.9 Å². The fourth-order valence-electron chi connectivity index (χ4n) is 3.19. The molecule has 146 valence electrons. The van der Waals surface area contributed by atoms with Crippen LogP contribution in [-0.2, 0) is 11.2 Å². The SMILES string of the molecule is C=CN(CCCOC)C(=O)c1nnc2c(-c3ccccc3)c(CC)nn2c1C. The summed E-state index contributed by atoms with van der Waals surface area (Å²) in [5, 5.41) is 13.3. The fourth-order valence-corrected chi connectivity index (χ4v) is 3.19. The number of ether oxygens (including phenoxy) is 1. The molecular formula is C21H25N5O2. The normalized spacial score (nSPS) is 11.0. The van der Waals surface area contributed by atoms with Crippen LogP contribution in [0.25, 0.3) is 16.8 Å². The number of aryl methyl sites for hydroxylation is 2. The number of carbonyl (C=O) groups is 1. The standard InChI is InChI=1S/C21H25N5O2/c1-5-17-18(16-11-8-7-9-12-16)20-23-22-19(15(3)26(20)24-17)21(27)25(6-2)13-10-14-28-4/h6-9,11-12H,2,5,10,13-14H2,1,3-4H3. The summed E-state index contributed by atoms with van der Waals surface area (Å²) in [4.78, 5) is 14.5. The number of methoxy groups -OCH3 is 1. The molecule has 0 aliphatic carbocycles. The summed E-state index contributed by atoms with van der Waals surface area (Å²) in [6, 6.07) is 10.0. The Balaban J connectivity index is 2.04. The molecule has 0 bridgehead atoms. The molecule has 0 saturated heterocycles. The molecule has 1 aromatic carbocycles. The highest BCUT2D eigenvalue weighted by Crippen LogP contribution is 2.28. The molecule has 3 aromatic rings. The maximum Gasteiger partial charge on any atom is 0.280 e. The minimum absolute atomic E-state index is 0.243. The number of fused-ring (bicyclic) bond motifs is 1. The van der Waals surface area contributed by atoms with E-state index in [1.807, 2.05) is 37.3 Å². The summed E-state index contributed by atoms with van der Waals surface area (Å²) in [5.41, 5.74) is 4.50. The second-order valence-electron chi connectivity index (χ2n) is 6.44. The van der Waals surface area contributed by atoms with Crippen LogP contribution in [0.2, 0.25) is 0 Å². The van der Waals surface area contributed by atoms with Gasteiger partial charge in [-0.25, -0.2) is 4.52 Å². The lowest BCUT2D eigenvalue weighted by molar-refractivity contribution is 0.0800. The first kappa shape index (κ1) is 19.7. The third kappa shape index (κ3) is 3.66. The number of hydrogen-bond acceptors (Lipinski definition) is 5. The molecule has 0 radical (unpaired) electrons. The number of hydrogen-bond donors (Lipinski definition) is 0. The van der Waals surface area contributed by atoms with Crippen LogP contribution in [0.4, 0.5) is 0 Å². The monoisotopic (exact) mass is 379 g/mol. The van der Waals surface area contributed by atoms with E-state index in [1.165, 1.54) is 11.1 Å². The first-order valence-corrected chi connectivity index (χ1v) is 9.35. The first-order valence-electron chi connectivity index (χ1n) is 9.35. The van der Waals surface area contributed by atoms with Crippen molar-refractivity contribution in [3.63, 3.8) is 0 Å². The predicted octanol–water partition coefficient (Wildman–Crippen LogP) is 3.28. The minimum atomic E-state index is -0.243. The molecule has 7 heteroatoms. The number of benzene rings is 1. The maximum atomic E-state index is 12.9. The van der Waals surface area contributed by atoms with Crippen LogP contribution in [-0.4, -0.2) is 50.9 Å². The summed E-state index contributed by atoms with van der Waals surface area (Å²) in [6.45, 7) is 8.71. The van der Waals surface area contributed by atoms with E-state index in [0.717, 1.165) is 23.2 Å². The predicted molar refractivity (Wildman–Crippen MR) is 108 cm³/mol. The van der Waals surface area contributed by atoms with Gasteiger partial charge in [0.2, 0.25) is 0 Å². The van der Waals surface area contributed by atoms with Crippen LogP contribution in [0.15, 0.2) is 43.1 Å². The van der Waals surface area contributed by atoms with E-state index in [1.54, 1.807) is 11.6 Å². The van der Waals surface area contributed by atoms with Crippen LogP contribution in [0.1, 0.15) is 35.2 Å². The van der Waals surface area contributed by atoms with Crippen LogP contribution < -0.4 is 0 Å². The molecule has 0 unspecified atom stereocenters. The van der Waals surface area contributed by atoms with Gasteiger partial charge in [0.05, 0.1) is 17.0 Å². The van der Waals surface area contributed by atoms with Gasteiger partial charge in [0, 0.05) is 20.3 Å². The lowest BCUT2D eigenvalue weighted by Gasteiger charge is -2.18. The van der Waals surface area contributed by atoms with Gasteiger partial charge in [-0.05, 0) is 31.5 Å². The molecule has 0 spiro atoms. The van der Waals surface area contributed by atoms with Crippen molar-refractivity contribution in [1.29, 1.82) is 0 Å². The first-order chi connectivity index (χ1) is 13.6. The van der Waals surface area contributed by atoms with Gasteiger partial charge in [0.25, 0.3) is 5.91 Å². The summed E-state index contributed by atoms with van der Waals surface area (Å²) in [7, 11) is 1.64. The zero-order valence-electron chi connectivity index (χ0n) is 16.6. The highest BCUT2D eigenvalue weighted by Gasteiger charge is 2.23. The van der Waals surface area contributed by atoms with Gasteiger partial charge in [0.1, 0.15) is 0 Å². The van der Waals surface area contributed by atoms with E-state index in [2.05, 4.69) is 23.7 Å². The topological polar surface area (TPSA) is 72.6 Å². The smallest absolute Gasteiger partial charge is 0.280 e. The number of amides is 1. The van der Waals surface area contributed by atoms with Gasteiger partial charge in [-0.1, -0.05) is 43.8 Å². The largest absolute Gasteiger partial charge is 0.385 e. The maximum absolute atomic E-state index is 12.9. The van der Waals surface area contributed by atoms with Crippen molar-refractivity contribution < 1.29 is 9.53 Å². The Morgan fingerprint density at radius 2 is 2.04 bits per heavy atom. The second kappa shape index (κ2) is 8.75. The van der Waals surface area contributed by atoms with Gasteiger partial charge >= 0.3 is 0 Å². The summed E-state index contributed by atoms with van der Waals surface area (Å²) >= 11 is 0. The van der Waals surface area contributed by atoms with Crippen LogP contribution >= 0.6 is 0 Å². The molecule has 2 aromatic heterocycles. The van der Waals surface area contributed by atoms with Crippen LogP contribution in [0, 0.1) is 6.92 Å². The summed E-state index contributed by atoms with van der Waals surface area (Å²) in [5.74, 6) is -0.243. The van der Waals surface area contributed by atoms with E-state index < -0.39 is 0 Å². The Kier molecular flexibility index (Phi) is 6.16. The Hall–Kier alpha value is -3.06. The van der Waals surface area contributed by atoms with Crippen molar-refractivity contribution in [3.05, 3.63) is 60.2 Å². The molecule has 1 amide bonds. The molecule has 0 N–H and O–H groups in total. The highest BCUT2D eigenvalue weighted by atomic mass is 16.5. The quantitative estimate of drug-likeness (QED) is 0.562. The van der Waals surface area contributed by atoms with Crippen molar-refractivity contribution in [1.82, 2.24) is 24.7 Å². The molecule has 0 atom stereocenters. The summed E-state index contributed by atoms with van der Waals surface area (Å²) < 4.78 is 6.78. The molecule has 0 aliphatic rings. The van der Waals surface area contributed by atoms with Crippen molar-refractivity contribution in [2.45, 2.75) is 26.7 Å². The molecule has 7 nitrogen and oxygen atoms in total. The number of aromatic nitrogens is 4. The van der Waals surface area contributed by atoms with Gasteiger partial charge in [0.15, 0.2) is 11.3 Å². The van der Waals surface area contributed by atoms with Crippen LogP contribution in [0.3, 0.4) is 0 Å². The molecular weight excluding hydrogens is 354 g/mol. The summed E-state index contributed by atoms with van der Waals surface area (Å²) in [6.07, 6.45) is 2.98. The zero-order chi connectivity index (χ0) is 20.1. The lowest BCUT2D eigenvalue weighted by Crippen LogP contribution is -2.29. The molecule has 3 rings (SSSR count). The zero-order valence-corrected chi connectivity index (χ0v) is 16.6. The Morgan fingerprint density at radius 3 is 2.68 bits per heavy atom. The lowest BCUT2D eigenvalue weighted by atomic mass is 10.0. The van der Waals surface area contributed by atoms with Crippen molar-refractivity contribution in [2.24, 2.45) is 0 Å². The number of rotatable bonds is 8. The molecule has 0 fully saturated rings. The Bertz CT molecular complexity index is 981. The highest BCUT2D eigenvalue weighted by molar-refractivity contribution is 5.94. The third-order valence-electron chi connectivity index (χ3n) is 4.67. The number of carbonyl (C=O) groups excluding carboxylic acids is 1. The number of nitrogens with zero attached hydrogens (tertiary/aromatic N) is 5. The van der Waals surface area contributed by atoms with E-state index >= 15 is 0 Å². The molecule has 0 aliphatic heterocycles. The molecule has 0 saturated carbocycles. The van der Waals surface area contributed by atoms with Crippen molar-refractivity contribution in [2.75, 3.05) is 20.3 Å². The molecule has 2 heterocycles.